The van der Waals surface area contributed by atoms with Gasteiger partial charge in [-0.05, 0) is 35.4 Å². The Kier molecular flexibility index (Phi) is 4.03. The zero-order valence-electron chi connectivity index (χ0n) is 8.87. The highest BCUT2D eigenvalue weighted by Crippen LogP contribution is 2.20. The van der Waals surface area contributed by atoms with Gasteiger partial charge in [-0.3, -0.25) is 0 Å². The molecule has 1 nitrogen and oxygen atoms in total. The highest BCUT2D eigenvalue weighted by Gasteiger charge is 2.01. The van der Waals surface area contributed by atoms with E-state index in [4.69, 9.17) is 5.26 Å². The third-order valence-corrected chi connectivity index (χ3v) is 3.19. The number of nitriles is 1. The Balaban J connectivity index is 2.75. The first-order valence-corrected chi connectivity index (χ1v) is 5.79. The van der Waals surface area contributed by atoms with Crippen LogP contribution < -0.4 is 0 Å². The van der Waals surface area contributed by atoms with Crippen LogP contribution in [0.3, 0.4) is 0 Å². The van der Waals surface area contributed by atoms with E-state index in [1.165, 1.54) is 11.1 Å². The van der Waals surface area contributed by atoms with Crippen molar-refractivity contribution in [2.45, 2.75) is 31.8 Å². The van der Waals surface area contributed by atoms with Gasteiger partial charge in [0.15, 0.2) is 0 Å². The second-order valence-electron chi connectivity index (χ2n) is 3.61. The molecule has 0 heterocycles. The lowest BCUT2D eigenvalue weighted by Gasteiger charge is -2.07. The average molecular weight is 205 g/mol. The van der Waals surface area contributed by atoms with Crippen LogP contribution in [0, 0.1) is 18.3 Å². The molecule has 1 aromatic carbocycles. The number of thioether (sulfide) groups is 1. The Morgan fingerprint density at radius 3 is 2.64 bits per heavy atom. The summed E-state index contributed by atoms with van der Waals surface area (Å²) in [4.78, 5) is 0. The normalized spacial score (nSPS) is 10.2. The van der Waals surface area contributed by atoms with Gasteiger partial charge in [0.05, 0.1) is 11.6 Å². The van der Waals surface area contributed by atoms with E-state index in [9.17, 15) is 0 Å². The Morgan fingerprint density at radius 1 is 1.43 bits per heavy atom. The fourth-order valence-corrected chi connectivity index (χ4v) is 2.02. The van der Waals surface area contributed by atoms with Crippen LogP contribution in [0.15, 0.2) is 18.2 Å². The number of nitrogens with zero attached hydrogens (tertiary/aromatic N) is 1. The average Bonchev–Trinajstić information content (AvgIpc) is 2.15. The molecule has 0 aromatic heterocycles. The van der Waals surface area contributed by atoms with Crippen LogP contribution in [-0.4, -0.2) is 5.25 Å². The molecule has 0 atom stereocenters. The summed E-state index contributed by atoms with van der Waals surface area (Å²) in [5.74, 6) is 1.04. The number of hydrogen-bond acceptors (Lipinski definition) is 2. The molecule has 0 aliphatic rings. The molecule has 0 aliphatic heterocycles. The SMILES string of the molecule is Cc1cc(C#N)ccc1CSC(C)C. The standard InChI is InChI=1S/C12H15NS/c1-9(2)14-8-12-5-4-11(7-13)6-10(12)3/h4-6,9H,8H2,1-3H3. The maximum atomic E-state index is 8.72. The van der Waals surface area contributed by atoms with Crippen molar-refractivity contribution < 1.29 is 0 Å². The van der Waals surface area contributed by atoms with Crippen LogP contribution in [0.5, 0.6) is 0 Å². The van der Waals surface area contributed by atoms with E-state index < -0.39 is 0 Å². The van der Waals surface area contributed by atoms with Crippen molar-refractivity contribution in [1.82, 2.24) is 0 Å². The monoisotopic (exact) mass is 205 g/mol. The summed E-state index contributed by atoms with van der Waals surface area (Å²) >= 11 is 1.93. The smallest absolute Gasteiger partial charge is 0.0991 e. The van der Waals surface area contributed by atoms with Gasteiger partial charge in [-0.2, -0.15) is 17.0 Å². The molecule has 0 fully saturated rings. The third-order valence-electron chi connectivity index (χ3n) is 2.04. The number of rotatable bonds is 3. The second kappa shape index (κ2) is 5.07. The van der Waals surface area contributed by atoms with Crippen molar-refractivity contribution in [3.05, 3.63) is 34.9 Å². The van der Waals surface area contributed by atoms with Gasteiger partial charge in [-0.15, -0.1) is 0 Å². The molecule has 0 spiro atoms. The molecule has 0 amide bonds. The zero-order chi connectivity index (χ0) is 10.6. The Morgan fingerprint density at radius 2 is 2.14 bits per heavy atom. The Labute approximate surface area is 90.1 Å². The van der Waals surface area contributed by atoms with Crippen molar-refractivity contribution in [2.75, 3.05) is 0 Å². The van der Waals surface area contributed by atoms with Crippen LogP contribution in [0.25, 0.3) is 0 Å². The maximum Gasteiger partial charge on any atom is 0.0991 e. The molecule has 0 bridgehead atoms. The largest absolute Gasteiger partial charge is 0.192 e. The van der Waals surface area contributed by atoms with Gasteiger partial charge in [-0.1, -0.05) is 19.9 Å². The molecule has 0 aliphatic carbocycles. The Hall–Kier alpha value is -0.940. The fourth-order valence-electron chi connectivity index (χ4n) is 1.18. The first kappa shape index (κ1) is 11.1. The lowest BCUT2D eigenvalue weighted by atomic mass is 10.1. The lowest BCUT2D eigenvalue weighted by molar-refractivity contribution is 1.11. The first-order valence-electron chi connectivity index (χ1n) is 4.74. The summed E-state index contributed by atoms with van der Waals surface area (Å²) in [5, 5.41) is 9.37. The minimum Gasteiger partial charge on any atom is -0.192 e. The molecular formula is C12H15NS. The highest BCUT2D eigenvalue weighted by molar-refractivity contribution is 7.99. The molecular weight excluding hydrogens is 190 g/mol. The molecule has 74 valence electrons. The van der Waals surface area contributed by atoms with Crippen molar-refractivity contribution in [3.63, 3.8) is 0 Å². The maximum absolute atomic E-state index is 8.72. The first-order chi connectivity index (χ1) is 6.63. The van der Waals surface area contributed by atoms with Crippen LogP contribution in [0.1, 0.15) is 30.5 Å². The van der Waals surface area contributed by atoms with Gasteiger partial charge in [0.25, 0.3) is 0 Å². The number of hydrogen-bond donors (Lipinski definition) is 0. The van der Waals surface area contributed by atoms with E-state index in [2.05, 4.69) is 32.9 Å². The lowest BCUT2D eigenvalue weighted by Crippen LogP contribution is -1.92. The van der Waals surface area contributed by atoms with Gasteiger partial charge in [-0.25, -0.2) is 0 Å². The zero-order valence-corrected chi connectivity index (χ0v) is 9.69. The predicted molar refractivity (Wildman–Crippen MR) is 62.3 cm³/mol. The van der Waals surface area contributed by atoms with Gasteiger partial charge >= 0.3 is 0 Å². The molecule has 14 heavy (non-hydrogen) atoms. The summed E-state index contributed by atoms with van der Waals surface area (Å²) in [6.07, 6.45) is 0. The topological polar surface area (TPSA) is 23.8 Å². The summed E-state index contributed by atoms with van der Waals surface area (Å²) in [7, 11) is 0. The summed E-state index contributed by atoms with van der Waals surface area (Å²) in [5.41, 5.74) is 3.31. The van der Waals surface area contributed by atoms with Gasteiger partial charge in [0, 0.05) is 5.75 Å². The highest BCUT2D eigenvalue weighted by atomic mass is 32.2. The molecule has 0 radical (unpaired) electrons. The van der Waals surface area contributed by atoms with Crippen molar-refractivity contribution in [3.8, 4) is 6.07 Å². The minimum atomic E-state index is 0.657. The van der Waals surface area contributed by atoms with Crippen LogP contribution in [0.2, 0.25) is 0 Å². The molecule has 0 saturated heterocycles. The van der Waals surface area contributed by atoms with Crippen LogP contribution in [-0.2, 0) is 5.75 Å². The van der Waals surface area contributed by atoms with E-state index in [0.717, 1.165) is 11.3 Å². The fraction of sp³-hybridized carbons (Fsp3) is 0.417. The van der Waals surface area contributed by atoms with Crippen LogP contribution >= 0.6 is 11.8 Å². The van der Waals surface area contributed by atoms with Crippen molar-refractivity contribution in [2.24, 2.45) is 0 Å². The molecule has 1 rings (SSSR count). The van der Waals surface area contributed by atoms with Crippen molar-refractivity contribution >= 4 is 11.8 Å². The van der Waals surface area contributed by atoms with E-state index in [-0.39, 0.29) is 0 Å². The molecule has 0 N–H and O–H groups in total. The predicted octanol–water partition coefficient (Wildman–Crippen LogP) is 3.51. The van der Waals surface area contributed by atoms with Gasteiger partial charge in [0.2, 0.25) is 0 Å². The minimum absolute atomic E-state index is 0.657. The Bertz CT molecular complexity index is 350. The quantitative estimate of drug-likeness (QED) is 0.754. The van der Waals surface area contributed by atoms with Crippen molar-refractivity contribution in [1.29, 1.82) is 5.26 Å². The van der Waals surface area contributed by atoms with E-state index in [1.807, 2.05) is 23.9 Å². The molecule has 0 saturated carbocycles. The molecule has 2 heteroatoms. The number of aryl methyl sites for hydroxylation is 1. The molecule has 0 unspecified atom stereocenters. The summed E-state index contributed by atoms with van der Waals surface area (Å²) in [6.45, 7) is 6.46. The van der Waals surface area contributed by atoms with Crippen LogP contribution in [0.4, 0.5) is 0 Å². The second-order valence-corrected chi connectivity index (χ2v) is 5.18. The number of benzene rings is 1. The van der Waals surface area contributed by atoms with Gasteiger partial charge < -0.3 is 0 Å². The summed E-state index contributed by atoms with van der Waals surface area (Å²) < 4.78 is 0. The third kappa shape index (κ3) is 3.08. The van der Waals surface area contributed by atoms with E-state index in [0.29, 0.717) is 5.25 Å². The summed E-state index contributed by atoms with van der Waals surface area (Å²) in [6, 6.07) is 8.06. The van der Waals surface area contributed by atoms with E-state index >= 15 is 0 Å². The molecule has 1 aromatic rings. The van der Waals surface area contributed by atoms with E-state index in [1.54, 1.807) is 0 Å². The van der Waals surface area contributed by atoms with Gasteiger partial charge in [0.1, 0.15) is 0 Å².